The number of hydrogen-bond acceptors (Lipinski definition) is 9. The Kier molecular flexibility index (Phi) is 13.3. The number of para-hydroxylation sites is 1. The van der Waals surface area contributed by atoms with Crippen LogP contribution >= 0.6 is 11.8 Å². The van der Waals surface area contributed by atoms with Gasteiger partial charge in [-0.15, -0.1) is 11.8 Å². The number of carboxylic acids is 1. The van der Waals surface area contributed by atoms with Gasteiger partial charge in [-0.25, -0.2) is 4.79 Å². The van der Waals surface area contributed by atoms with E-state index < -0.39 is 65.9 Å². The van der Waals surface area contributed by atoms with Gasteiger partial charge in [-0.1, -0.05) is 32.0 Å². The Hall–Kier alpha value is -4.15. The third-order valence-electron chi connectivity index (χ3n) is 9.07. The minimum absolute atomic E-state index is 0.0135. The maximum absolute atomic E-state index is 14.2. The molecule has 16 heteroatoms. The summed E-state index contributed by atoms with van der Waals surface area (Å²) < 4.78 is 0. The lowest BCUT2D eigenvalue weighted by molar-refractivity contribution is -0.142. The van der Waals surface area contributed by atoms with Crippen molar-refractivity contribution >= 4 is 58.2 Å². The number of likely N-dealkylation sites (tertiary alicyclic amines) is 1. The van der Waals surface area contributed by atoms with E-state index in [-0.39, 0.29) is 36.3 Å². The molecule has 50 heavy (non-hydrogen) atoms. The number of amides is 5. The average Bonchev–Trinajstić information content (AvgIpc) is 3.40. The zero-order valence-corrected chi connectivity index (χ0v) is 29.9. The van der Waals surface area contributed by atoms with E-state index in [9.17, 15) is 39.0 Å². The van der Waals surface area contributed by atoms with E-state index in [0.717, 1.165) is 35.8 Å². The second kappa shape index (κ2) is 17.2. The Balaban J connectivity index is 1.77. The molecule has 2 aliphatic heterocycles. The molecular formula is C34H49N7O8S. The predicted octanol–water partition coefficient (Wildman–Crippen LogP) is 0.113. The first-order valence-corrected chi connectivity index (χ1v) is 18.0. The van der Waals surface area contributed by atoms with E-state index in [1.165, 1.54) is 13.8 Å². The highest BCUT2D eigenvalue weighted by Crippen LogP contribution is 2.32. The Labute approximate surface area is 295 Å². The number of aliphatic hydroxyl groups is 1. The van der Waals surface area contributed by atoms with Gasteiger partial charge in [0.1, 0.15) is 30.2 Å². The predicted molar refractivity (Wildman–Crippen MR) is 187 cm³/mol. The van der Waals surface area contributed by atoms with Gasteiger partial charge in [-0.2, -0.15) is 0 Å². The summed E-state index contributed by atoms with van der Waals surface area (Å²) in [5.41, 5.74) is 1.37. The van der Waals surface area contributed by atoms with Crippen molar-refractivity contribution in [1.82, 2.24) is 36.5 Å². The SMILES string of the molecule is CC(C)C[C@@H]1NC(=O)[C@@H](NC(=O)C2CCN(C)CC2)Cc2c([nH]c3ccccc23)SC[C@@H](C(=O)O)NC(=O)[C@H]([C@@H](C)O)NC(=O)[C@@H](C)NC1=O. The zero-order chi connectivity index (χ0) is 36.7. The maximum atomic E-state index is 14.2. The number of nitrogens with zero attached hydrogens (tertiary/aromatic N) is 1. The zero-order valence-electron chi connectivity index (χ0n) is 29.1. The van der Waals surface area contributed by atoms with E-state index in [1.807, 2.05) is 45.2 Å². The number of aliphatic carboxylic acids is 1. The van der Waals surface area contributed by atoms with Gasteiger partial charge in [-0.05, 0) is 70.8 Å². The van der Waals surface area contributed by atoms with E-state index in [1.54, 1.807) is 0 Å². The first-order chi connectivity index (χ1) is 23.6. The number of H-pyrrole nitrogens is 1. The van der Waals surface area contributed by atoms with Crippen molar-refractivity contribution in [2.45, 2.75) is 94.7 Å². The van der Waals surface area contributed by atoms with E-state index in [0.29, 0.717) is 23.4 Å². The molecule has 0 aliphatic carbocycles. The molecule has 1 saturated heterocycles. The normalized spacial score (nSPS) is 26.1. The fourth-order valence-corrected chi connectivity index (χ4v) is 7.22. The van der Waals surface area contributed by atoms with Crippen LogP contribution in [0.15, 0.2) is 29.3 Å². The highest BCUT2D eigenvalue weighted by molar-refractivity contribution is 7.99. The molecule has 0 unspecified atom stereocenters. The van der Waals surface area contributed by atoms with Crippen LogP contribution in [0.5, 0.6) is 0 Å². The highest BCUT2D eigenvalue weighted by atomic mass is 32.2. The number of nitrogens with one attached hydrogen (secondary N) is 6. The summed E-state index contributed by atoms with van der Waals surface area (Å²) in [4.78, 5) is 85.4. The largest absolute Gasteiger partial charge is 0.480 e. The number of thioether (sulfide) groups is 1. The lowest BCUT2D eigenvalue weighted by Crippen LogP contribution is -2.60. The number of aliphatic hydroxyl groups excluding tert-OH is 1. The molecule has 274 valence electrons. The average molecular weight is 716 g/mol. The van der Waals surface area contributed by atoms with Crippen molar-refractivity contribution < 1.29 is 39.0 Å². The summed E-state index contributed by atoms with van der Waals surface area (Å²) in [5.74, 6) is -5.06. The van der Waals surface area contributed by atoms with Crippen LogP contribution in [0, 0.1) is 11.8 Å². The molecule has 15 nitrogen and oxygen atoms in total. The molecule has 4 rings (SSSR count). The third-order valence-corrected chi connectivity index (χ3v) is 10.2. The van der Waals surface area contributed by atoms with Gasteiger partial charge in [0.05, 0.1) is 11.1 Å². The number of rotatable bonds is 6. The number of hydrogen-bond donors (Lipinski definition) is 8. The van der Waals surface area contributed by atoms with Gasteiger partial charge in [0.2, 0.25) is 29.5 Å². The van der Waals surface area contributed by atoms with E-state index >= 15 is 0 Å². The monoisotopic (exact) mass is 715 g/mol. The smallest absolute Gasteiger partial charge is 0.327 e. The van der Waals surface area contributed by atoms with Gasteiger partial charge < -0.3 is 46.7 Å². The van der Waals surface area contributed by atoms with Gasteiger partial charge in [0, 0.05) is 29.0 Å². The van der Waals surface area contributed by atoms with Crippen molar-refractivity contribution in [3.05, 3.63) is 29.8 Å². The lowest BCUT2D eigenvalue weighted by Gasteiger charge is -2.30. The Morgan fingerprint density at radius 1 is 0.960 bits per heavy atom. The Bertz CT molecular complexity index is 1570. The van der Waals surface area contributed by atoms with Crippen molar-refractivity contribution in [1.29, 1.82) is 0 Å². The number of aromatic nitrogens is 1. The summed E-state index contributed by atoms with van der Waals surface area (Å²) in [5, 5.41) is 34.8. The molecule has 2 aromatic rings. The van der Waals surface area contributed by atoms with Gasteiger partial charge in [-0.3, -0.25) is 24.0 Å². The molecule has 5 amide bonds. The fourth-order valence-electron chi connectivity index (χ4n) is 6.12. The van der Waals surface area contributed by atoms with Crippen molar-refractivity contribution in [2.24, 2.45) is 11.8 Å². The molecule has 1 aromatic heterocycles. The first-order valence-electron chi connectivity index (χ1n) is 17.0. The summed E-state index contributed by atoms with van der Waals surface area (Å²) >= 11 is 1.11. The number of carbonyl (C=O) groups is 6. The Morgan fingerprint density at radius 3 is 2.28 bits per heavy atom. The molecule has 1 aromatic carbocycles. The molecule has 2 aliphatic rings. The quantitative estimate of drug-likeness (QED) is 0.202. The number of aromatic amines is 1. The molecule has 0 spiro atoms. The first kappa shape index (κ1) is 38.6. The second-order valence-corrected chi connectivity index (χ2v) is 14.7. The van der Waals surface area contributed by atoms with Crippen LogP contribution in [-0.4, -0.2) is 118 Å². The molecule has 6 atom stereocenters. The number of carboxylic acid groups (broad SMARTS) is 1. The standard InChI is InChI=1S/C34H49N7O8S/c1-17(2)14-24-30(45)35-18(3)28(43)40-27(19(4)42)32(47)38-26(34(48)49)16-50-33-22(21-8-6-7-9-23(21)39-33)15-25(31(46)37-24)36-29(44)20-10-12-41(5)13-11-20/h6-9,17-20,24-27,39,42H,10-16H2,1-5H3,(H,35,45)(H,36,44)(H,37,46)(H,38,47)(H,40,43)(H,48,49)/t18-,19-,24+,25+,26+,27+/m1/s1. The minimum atomic E-state index is -1.52. The summed E-state index contributed by atoms with van der Waals surface area (Å²) in [6, 6.07) is 1.03. The van der Waals surface area contributed by atoms with Crippen LogP contribution in [-0.2, 0) is 35.2 Å². The topological polar surface area (TPSA) is 222 Å². The van der Waals surface area contributed by atoms with E-state index in [2.05, 4.69) is 36.5 Å². The van der Waals surface area contributed by atoms with Crippen LogP contribution < -0.4 is 26.6 Å². The molecule has 0 bridgehead atoms. The molecule has 3 heterocycles. The maximum Gasteiger partial charge on any atom is 0.327 e. The van der Waals surface area contributed by atoms with Gasteiger partial charge in [0.25, 0.3) is 0 Å². The number of carbonyl (C=O) groups excluding carboxylic acids is 5. The fraction of sp³-hybridized carbons (Fsp3) is 0.588. The molecule has 0 radical (unpaired) electrons. The minimum Gasteiger partial charge on any atom is -0.480 e. The molecule has 1 fully saturated rings. The van der Waals surface area contributed by atoms with Crippen LogP contribution in [0.25, 0.3) is 10.9 Å². The number of benzene rings is 1. The van der Waals surface area contributed by atoms with Gasteiger partial charge >= 0.3 is 5.97 Å². The highest BCUT2D eigenvalue weighted by Gasteiger charge is 2.35. The lowest BCUT2D eigenvalue weighted by atomic mass is 9.95. The summed E-state index contributed by atoms with van der Waals surface area (Å²) in [6.45, 7) is 7.89. The van der Waals surface area contributed by atoms with E-state index in [4.69, 9.17) is 0 Å². The van der Waals surface area contributed by atoms with Crippen molar-refractivity contribution in [3.63, 3.8) is 0 Å². The molecular weight excluding hydrogens is 666 g/mol. The van der Waals surface area contributed by atoms with Crippen LogP contribution in [0.2, 0.25) is 0 Å². The second-order valence-electron chi connectivity index (χ2n) is 13.7. The van der Waals surface area contributed by atoms with Crippen molar-refractivity contribution in [3.8, 4) is 0 Å². The summed E-state index contributed by atoms with van der Waals surface area (Å²) in [6.07, 6.45) is 0.0948. The summed E-state index contributed by atoms with van der Waals surface area (Å²) in [7, 11) is 1.99. The van der Waals surface area contributed by atoms with Crippen LogP contribution in [0.1, 0.15) is 52.5 Å². The molecule has 0 saturated carbocycles. The van der Waals surface area contributed by atoms with Crippen molar-refractivity contribution in [2.75, 3.05) is 25.9 Å². The number of piperidine rings is 1. The van der Waals surface area contributed by atoms with Crippen LogP contribution in [0.4, 0.5) is 0 Å². The Morgan fingerprint density at radius 2 is 1.64 bits per heavy atom. The third kappa shape index (κ3) is 9.97. The number of fused-ring (bicyclic) bond motifs is 3. The molecule has 8 N–H and O–H groups in total. The van der Waals surface area contributed by atoms with Crippen LogP contribution in [0.3, 0.4) is 0 Å². The van der Waals surface area contributed by atoms with Gasteiger partial charge in [0.15, 0.2) is 0 Å².